The molecule has 1 aliphatic rings. The van der Waals surface area contributed by atoms with Gasteiger partial charge in [-0.3, -0.25) is 4.79 Å². The maximum atomic E-state index is 12.4. The number of nitrogens with zero attached hydrogens (tertiary/aromatic N) is 2. The Kier molecular flexibility index (Phi) is 4.65. The third kappa shape index (κ3) is 3.31. The highest BCUT2D eigenvalue weighted by molar-refractivity contribution is 5.76. The van der Waals surface area contributed by atoms with Crippen molar-refractivity contribution < 1.29 is 19.1 Å². The summed E-state index contributed by atoms with van der Waals surface area (Å²) in [6.07, 6.45) is 2.96. The zero-order chi connectivity index (χ0) is 14.5. The van der Waals surface area contributed by atoms with Crippen molar-refractivity contribution in [1.29, 1.82) is 0 Å². The van der Waals surface area contributed by atoms with Crippen LogP contribution in [0.2, 0.25) is 0 Å². The summed E-state index contributed by atoms with van der Waals surface area (Å²) in [5.41, 5.74) is 0. The van der Waals surface area contributed by atoms with Gasteiger partial charge >= 0.3 is 12.0 Å². The summed E-state index contributed by atoms with van der Waals surface area (Å²) in [4.78, 5) is 26.8. The van der Waals surface area contributed by atoms with Gasteiger partial charge in [0, 0.05) is 19.6 Å². The summed E-state index contributed by atoms with van der Waals surface area (Å²) in [7, 11) is 0. The molecule has 20 heavy (non-hydrogen) atoms. The minimum absolute atomic E-state index is 0.116. The van der Waals surface area contributed by atoms with Gasteiger partial charge in [0.1, 0.15) is 5.76 Å². The minimum Gasteiger partial charge on any atom is -0.481 e. The van der Waals surface area contributed by atoms with Crippen LogP contribution < -0.4 is 0 Å². The first-order valence-electron chi connectivity index (χ1n) is 6.90. The number of carbonyl (C=O) groups excluding carboxylic acids is 1. The van der Waals surface area contributed by atoms with Gasteiger partial charge in [-0.25, -0.2) is 4.79 Å². The molecule has 1 aromatic heterocycles. The number of hydrogen-bond acceptors (Lipinski definition) is 3. The average molecular weight is 280 g/mol. The quantitative estimate of drug-likeness (QED) is 0.915. The lowest BCUT2D eigenvalue weighted by Gasteiger charge is -2.34. The van der Waals surface area contributed by atoms with Crippen LogP contribution >= 0.6 is 0 Å². The second-order valence-corrected chi connectivity index (χ2v) is 5.00. The molecule has 2 rings (SSSR count). The molecule has 1 saturated heterocycles. The molecule has 0 saturated carbocycles. The molecule has 0 bridgehead atoms. The zero-order valence-electron chi connectivity index (χ0n) is 11.6. The van der Waals surface area contributed by atoms with E-state index >= 15 is 0 Å². The molecule has 1 aliphatic heterocycles. The molecule has 1 N–H and O–H groups in total. The monoisotopic (exact) mass is 280 g/mol. The number of piperidine rings is 1. The van der Waals surface area contributed by atoms with Crippen LogP contribution in [0.25, 0.3) is 0 Å². The van der Waals surface area contributed by atoms with E-state index in [2.05, 4.69) is 0 Å². The molecule has 0 aromatic carbocycles. The van der Waals surface area contributed by atoms with E-state index < -0.39 is 11.9 Å². The van der Waals surface area contributed by atoms with Crippen molar-refractivity contribution in [2.75, 3.05) is 19.6 Å². The first-order chi connectivity index (χ1) is 9.61. The summed E-state index contributed by atoms with van der Waals surface area (Å²) in [6.45, 7) is 3.80. The van der Waals surface area contributed by atoms with E-state index in [1.165, 1.54) is 0 Å². The van der Waals surface area contributed by atoms with Crippen LogP contribution in [-0.4, -0.2) is 46.5 Å². The molecule has 0 aliphatic carbocycles. The standard InChI is InChI=1S/C14H20N2O4/c1-2-15(10-12-6-4-8-20-12)14(19)16-7-3-5-11(9-16)13(17)18/h4,6,8,11H,2-3,5,7,9-10H2,1H3,(H,17,18). The highest BCUT2D eigenvalue weighted by Crippen LogP contribution is 2.18. The van der Waals surface area contributed by atoms with Gasteiger partial charge in [-0.15, -0.1) is 0 Å². The van der Waals surface area contributed by atoms with Gasteiger partial charge in [0.25, 0.3) is 0 Å². The van der Waals surface area contributed by atoms with Crippen LogP contribution in [0.4, 0.5) is 4.79 Å². The molecule has 1 aromatic rings. The number of urea groups is 1. The highest BCUT2D eigenvalue weighted by atomic mass is 16.4. The summed E-state index contributed by atoms with van der Waals surface area (Å²) in [6, 6.07) is 3.50. The van der Waals surface area contributed by atoms with E-state index in [9.17, 15) is 9.59 Å². The van der Waals surface area contributed by atoms with Crippen molar-refractivity contribution in [3.8, 4) is 0 Å². The van der Waals surface area contributed by atoms with E-state index in [1.54, 1.807) is 22.1 Å². The molecule has 0 spiro atoms. The van der Waals surface area contributed by atoms with Crippen LogP contribution in [0.5, 0.6) is 0 Å². The number of hydrogen-bond donors (Lipinski definition) is 1. The summed E-state index contributed by atoms with van der Waals surface area (Å²) in [5, 5.41) is 9.07. The summed E-state index contributed by atoms with van der Waals surface area (Å²) < 4.78 is 5.26. The molecule has 1 fully saturated rings. The Morgan fingerprint density at radius 2 is 2.35 bits per heavy atom. The third-order valence-electron chi connectivity index (χ3n) is 3.62. The van der Waals surface area contributed by atoms with Gasteiger partial charge in [0.2, 0.25) is 0 Å². The molecular weight excluding hydrogens is 260 g/mol. The normalized spacial score (nSPS) is 18.9. The van der Waals surface area contributed by atoms with Crippen LogP contribution in [0.15, 0.2) is 22.8 Å². The maximum Gasteiger partial charge on any atom is 0.320 e. The number of carboxylic acid groups (broad SMARTS) is 1. The Morgan fingerprint density at radius 1 is 1.55 bits per heavy atom. The fourth-order valence-corrected chi connectivity index (χ4v) is 2.46. The van der Waals surface area contributed by atoms with E-state index in [0.717, 1.165) is 12.2 Å². The molecule has 110 valence electrons. The molecule has 6 heteroatoms. The first-order valence-corrected chi connectivity index (χ1v) is 6.90. The van der Waals surface area contributed by atoms with E-state index in [1.807, 2.05) is 13.0 Å². The molecule has 2 amide bonds. The van der Waals surface area contributed by atoms with Crippen LogP contribution in [0, 0.1) is 5.92 Å². The molecular formula is C14H20N2O4. The lowest BCUT2D eigenvalue weighted by Crippen LogP contribution is -2.48. The Hall–Kier alpha value is -1.98. The lowest BCUT2D eigenvalue weighted by atomic mass is 9.99. The molecule has 2 heterocycles. The fraction of sp³-hybridized carbons (Fsp3) is 0.571. The van der Waals surface area contributed by atoms with Gasteiger partial charge in [0.05, 0.1) is 18.7 Å². The van der Waals surface area contributed by atoms with Gasteiger partial charge in [0.15, 0.2) is 0 Å². The van der Waals surface area contributed by atoms with Gasteiger partial charge < -0.3 is 19.3 Å². The number of carboxylic acids is 1. The number of furan rings is 1. The van der Waals surface area contributed by atoms with Gasteiger partial charge in [-0.2, -0.15) is 0 Å². The van der Waals surface area contributed by atoms with Crippen molar-refractivity contribution in [2.45, 2.75) is 26.3 Å². The zero-order valence-corrected chi connectivity index (χ0v) is 11.6. The summed E-state index contributed by atoms with van der Waals surface area (Å²) >= 11 is 0. The van der Waals surface area contributed by atoms with E-state index in [4.69, 9.17) is 9.52 Å². The number of rotatable bonds is 4. The Morgan fingerprint density at radius 3 is 2.95 bits per heavy atom. The molecule has 1 unspecified atom stereocenters. The van der Waals surface area contributed by atoms with E-state index in [-0.39, 0.29) is 6.03 Å². The number of carbonyl (C=O) groups is 2. The first kappa shape index (κ1) is 14.4. The third-order valence-corrected chi connectivity index (χ3v) is 3.62. The highest BCUT2D eigenvalue weighted by Gasteiger charge is 2.30. The maximum absolute atomic E-state index is 12.4. The SMILES string of the molecule is CCN(Cc1ccco1)C(=O)N1CCCC(C(=O)O)C1. The summed E-state index contributed by atoms with van der Waals surface area (Å²) in [5.74, 6) is -0.543. The fourth-order valence-electron chi connectivity index (χ4n) is 2.46. The Labute approximate surface area is 118 Å². The molecule has 1 atom stereocenters. The van der Waals surface area contributed by atoms with Crippen molar-refractivity contribution in [3.05, 3.63) is 24.2 Å². The Balaban J connectivity index is 1.98. The van der Waals surface area contributed by atoms with Gasteiger partial charge in [-0.05, 0) is 31.9 Å². The number of likely N-dealkylation sites (tertiary alicyclic amines) is 1. The second-order valence-electron chi connectivity index (χ2n) is 5.00. The second kappa shape index (κ2) is 6.45. The van der Waals surface area contributed by atoms with Crippen molar-refractivity contribution in [1.82, 2.24) is 9.80 Å². The van der Waals surface area contributed by atoms with E-state index in [0.29, 0.717) is 32.6 Å². The lowest BCUT2D eigenvalue weighted by molar-refractivity contribution is -0.143. The number of amides is 2. The number of aliphatic carboxylic acids is 1. The minimum atomic E-state index is -0.823. The van der Waals surface area contributed by atoms with Crippen molar-refractivity contribution in [3.63, 3.8) is 0 Å². The predicted molar refractivity (Wildman–Crippen MR) is 72.1 cm³/mol. The van der Waals surface area contributed by atoms with Crippen molar-refractivity contribution >= 4 is 12.0 Å². The Bertz CT molecular complexity index is 458. The van der Waals surface area contributed by atoms with Crippen LogP contribution in [-0.2, 0) is 11.3 Å². The predicted octanol–water partition coefficient (Wildman–Crippen LogP) is 2.02. The van der Waals surface area contributed by atoms with Crippen LogP contribution in [0.1, 0.15) is 25.5 Å². The van der Waals surface area contributed by atoms with Gasteiger partial charge in [-0.1, -0.05) is 0 Å². The topological polar surface area (TPSA) is 74.0 Å². The largest absolute Gasteiger partial charge is 0.481 e. The molecule has 0 radical (unpaired) electrons. The van der Waals surface area contributed by atoms with Crippen LogP contribution in [0.3, 0.4) is 0 Å². The van der Waals surface area contributed by atoms with Crippen molar-refractivity contribution in [2.24, 2.45) is 5.92 Å². The molecule has 6 nitrogen and oxygen atoms in total. The smallest absolute Gasteiger partial charge is 0.320 e. The average Bonchev–Trinajstić information content (AvgIpc) is 2.97.